The quantitative estimate of drug-likeness (QED) is 0.121. The number of aromatic hydroxyl groups is 1. The molecule has 0 unspecified atom stereocenters. The SMILES string of the molecule is N#CNC(=Nc1ccc2[nH]c3c(c2c1)C[C@@]1(O)[C@H]2Cc4ccc(O)c5c4[C@@]1(CCN2CC1CC1)[C@H]3O5)Oc1ccccc1. The standard InChI is InChI=1S/C34H31N5O4/c35-18-36-32(42-22-4-2-1-3-5-22)37-21-9-10-25-23(15-21)24-16-34(41)27-14-20-8-11-26(40)30-28(20)33(34,31(43-30)29(24)38-25)12-13-39(27)17-19-6-7-19/h1-5,8-11,15,19,27,31,38,40-41H,6-7,12-14,16-17H2,(H,36,37)/t27-,31+,33+,34-/m1/s1. The van der Waals surface area contributed by atoms with Crippen molar-refractivity contribution >= 4 is 22.6 Å². The lowest BCUT2D eigenvalue weighted by Crippen LogP contribution is -2.74. The lowest BCUT2D eigenvalue weighted by atomic mass is 9.49. The van der Waals surface area contributed by atoms with Gasteiger partial charge >= 0.3 is 6.02 Å². The molecular formula is C34H31N5O4. The molecule has 43 heavy (non-hydrogen) atoms. The van der Waals surface area contributed by atoms with Gasteiger partial charge in [-0.1, -0.05) is 24.3 Å². The van der Waals surface area contributed by atoms with E-state index in [-0.39, 0.29) is 17.8 Å². The minimum atomic E-state index is -1.07. The Morgan fingerprint density at radius 3 is 2.86 bits per heavy atom. The van der Waals surface area contributed by atoms with Crippen LogP contribution < -0.4 is 14.8 Å². The second-order valence-electron chi connectivity index (χ2n) is 12.7. The highest BCUT2D eigenvalue weighted by Gasteiger charge is 2.72. The third kappa shape index (κ3) is 3.42. The molecule has 1 saturated heterocycles. The molecule has 3 aliphatic carbocycles. The van der Waals surface area contributed by atoms with Gasteiger partial charge in [0, 0.05) is 35.5 Å². The predicted octanol–water partition coefficient (Wildman–Crippen LogP) is 4.71. The zero-order chi connectivity index (χ0) is 28.9. The Bertz CT molecular complexity index is 1880. The molecule has 0 amide bonds. The molecule has 2 fully saturated rings. The van der Waals surface area contributed by atoms with Gasteiger partial charge in [-0.3, -0.25) is 4.90 Å². The fourth-order valence-corrected chi connectivity index (χ4v) is 8.52. The van der Waals surface area contributed by atoms with Crippen LogP contribution in [-0.2, 0) is 18.3 Å². The van der Waals surface area contributed by atoms with Gasteiger partial charge in [0.25, 0.3) is 0 Å². The van der Waals surface area contributed by atoms with Crippen molar-refractivity contribution in [2.24, 2.45) is 10.9 Å². The molecule has 3 heterocycles. The first-order valence-corrected chi connectivity index (χ1v) is 15.1. The van der Waals surface area contributed by atoms with Crippen LogP contribution in [0.4, 0.5) is 5.69 Å². The first kappa shape index (κ1) is 25.0. The maximum Gasteiger partial charge on any atom is 0.309 e. The molecule has 2 bridgehead atoms. The van der Waals surface area contributed by atoms with Crippen molar-refractivity contribution in [1.29, 1.82) is 5.26 Å². The Hall–Kier alpha value is -4.52. The molecule has 4 atom stereocenters. The van der Waals surface area contributed by atoms with Crippen molar-refractivity contribution in [2.45, 2.75) is 55.3 Å². The highest BCUT2D eigenvalue weighted by molar-refractivity contribution is 5.90. The van der Waals surface area contributed by atoms with E-state index in [1.807, 2.05) is 48.7 Å². The van der Waals surface area contributed by atoms with E-state index in [9.17, 15) is 15.5 Å². The second kappa shape index (κ2) is 8.75. The van der Waals surface area contributed by atoms with Crippen LogP contribution in [0.5, 0.6) is 17.2 Å². The summed E-state index contributed by atoms with van der Waals surface area (Å²) >= 11 is 0. The topological polar surface area (TPSA) is 126 Å². The third-order valence-corrected chi connectivity index (χ3v) is 10.5. The number of amidine groups is 1. The Morgan fingerprint density at radius 1 is 1.19 bits per heavy atom. The van der Waals surface area contributed by atoms with Crippen LogP contribution in [0.2, 0.25) is 0 Å². The van der Waals surface area contributed by atoms with E-state index in [1.54, 1.807) is 18.2 Å². The molecule has 216 valence electrons. The molecule has 5 aliphatic rings. The minimum absolute atomic E-state index is 0.0408. The number of likely N-dealkylation sites (tertiary alicyclic amines) is 1. The number of phenols is 1. The number of nitrogens with zero attached hydrogens (tertiary/aromatic N) is 3. The Morgan fingerprint density at radius 2 is 2.05 bits per heavy atom. The molecule has 1 saturated carbocycles. The number of aromatic amines is 1. The van der Waals surface area contributed by atoms with Gasteiger partial charge in [-0.2, -0.15) is 10.3 Å². The smallest absolute Gasteiger partial charge is 0.309 e. The van der Waals surface area contributed by atoms with Crippen molar-refractivity contribution in [1.82, 2.24) is 15.2 Å². The number of aliphatic imine (C=N–C) groups is 1. The summed E-state index contributed by atoms with van der Waals surface area (Å²) in [7, 11) is 0. The maximum absolute atomic E-state index is 13.1. The highest BCUT2D eigenvalue weighted by Crippen LogP contribution is 2.69. The average molecular weight is 574 g/mol. The number of fused-ring (bicyclic) bond motifs is 4. The molecule has 4 N–H and O–H groups in total. The van der Waals surface area contributed by atoms with Crippen LogP contribution in [0.15, 0.2) is 65.7 Å². The summed E-state index contributed by atoms with van der Waals surface area (Å²) in [6.07, 6.45) is 5.97. The largest absolute Gasteiger partial charge is 0.504 e. The molecule has 9 rings (SSSR count). The first-order valence-electron chi connectivity index (χ1n) is 15.1. The number of phenolic OH excluding ortho intramolecular Hbond substituents is 1. The average Bonchev–Trinajstić information content (AvgIpc) is 3.65. The maximum atomic E-state index is 13.1. The fourth-order valence-electron chi connectivity index (χ4n) is 8.52. The van der Waals surface area contributed by atoms with Crippen molar-refractivity contribution in [3.05, 3.63) is 83.0 Å². The number of nitriles is 1. The number of nitrogens with one attached hydrogen (secondary N) is 2. The van der Waals surface area contributed by atoms with E-state index >= 15 is 0 Å². The molecule has 0 radical (unpaired) electrons. The number of para-hydroxylation sites is 1. The molecular weight excluding hydrogens is 542 g/mol. The van der Waals surface area contributed by atoms with E-state index < -0.39 is 17.1 Å². The van der Waals surface area contributed by atoms with E-state index in [0.29, 0.717) is 29.5 Å². The van der Waals surface area contributed by atoms with Crippen LogP contribution in [0.1, 0.15) is 47.8 Å². The number of benzene rings is 3. The number of hydrogen-bond donors (Lipinski definition) is 4. The number of aromatic nitrogens is 1. The van der Waals surface area contributed by atoms with Crippen molar-refractivity contribution in [2.75, 3.05) is 13.1 Å². The van der Waals surface area contributed by atoms with Gasteiger partial charge in [0.05, 0.1) is 22.4 Å². The van der Waals surface area contributed by atoms with Crippen LogP contribution in [0.25, 0.3) is 10.9 Å². The number of H-pyrrole nitrogens is 1. The number of ether oxygens (including phenoxy) is 2. The number of piperidine rings is 1. The van der Waals surface area contributed by atoms with Crippen molar-refractivity contribution in [3.63, 3.8) is 0 Å². The molecule has 1 spiro atoms. The van der Waals surface area contributed by atoms with Crippen LogP contribution in [0, 0.1) is 17.4 Å². The van der Waals surface area contributed by atoms with Gasteiger partial charge in [-0.25, -0.2) is 5.32 Å². The second-order valence-corrected chi connectivity index (χ2v) is 12.7. The van der Waals surface area contributed by atoms with Gasteiger partial charge in [0.15, 0.2) is 23.8 Å². The fraction of sp³-hybridized carbons (Fsp3) is 0.353. The molecule has 3 aromatic carbocycles. The minimum Gasteiger partial charge on any atom is -0.504 e. The van der Waals surface area contributed by atoms with Crippen molar-refractivity contribution < 1.29 is 19.7 Å². The van der Waals surface area contributed by atoms with Gasteiger partial charge in [0.1, 0.15) is 5.75 Å². The first-order chi connectivity index (χ1) is 21.0. The summed E-state index contributed by atoms with van der Waals surface area (Å²) in [5, 5.41) is 36.8. The normalized spacial score (nSPS) is 28.5. The van der Waals surface area contributed by atoms with Crippen molar-refractivity contribution in [3.8, 4) is 23.4 Å². The molecule has 2 aliphatic heterocycles. The lowest BCUT2D eigenvalue weighted by Gasteiger charge is -2.62. The van der Waals surface area contributed by atoms with Crippen LogP contribution in [-0.4, -0.2) is 50.9 Å². The summed E-state index contributed by atoms with van der Waals surface area (Å²) < 4.78 is 12.5. The summed E-state index contributed by atoms with van der Waals surface area (Å²) in [4.78, 5) is 10.8. The third-order valence-electron chi connectivity index (χ3n) is 10.5. The van der Waals surface area contributed by atoms with Gasteiger partial charge in [-0.15, -0.1) is 0 Å². The molecule has 1 aromatic heterocycles. The lowest BCUT2D eigenvalue weighted by molar-refractivity contribution is -0.173. The zero-order valence-electron chi connectivity index (χ0n) is 23.5. The van der Waals surface area contributed by atoms with E-state index in [0.717, 1.165) is 53.7 Å². The summed E-state index contributed by atoms with van der Waals surface area (Å²) in [6, 6.07) is 18.8. The summed E-state index contributed by atoms with van der Waals surface area (Å²) in [5.41, 5.74) is 3.99. The van der Waals surface area contributed by atoms with Gasteiger partial charge < -0.3 is 24.7 Å². The van der Waals surface area contributed by atoms with Gasteiger partial charge in [0.2, 0.25) is 0 Å². The Kier molecular flexibility index (Phi) is 5.09. The zero-order valence-corrected chi connectivity index (χ0v) is 23.5. The predicted molar refractivity (Wildman–Crippen MR) is 159 cm³/mol. The number of aliphatic hydroxyl groups is 1. The Labute approximate surface area is 248 Å². The number of hydrogen-bond acceptors (Lipinski definition) is 7. The van der Waals surface area contributed by atoms with E-state index in [4.69, 9.17) is 9.47 Å². The summed E-state index contributed by atoms with van der Waals surface area (Å²) in [6.45, 7) is 1.92. The molecule has 4 aromatic rings. The molecule has 9 heteroatoms. The van der Waals surface area contributed by atoms with E-state index in [2.05, 4.69) is 20.2 Å². The summed E-state index contributed by atoms with van der Waals surface area (Å²) in [5.74, 6) is 1.94. The van der Waals surface area contributed by atoms with Crippen LogP contribution >= 0.6 is 0 Å². The number of rotatable bonds is 4. The molecule has 9 nitrogen and oxygen atoms in total. The highest BCUT2D eigenvalue weighted by atomic mass is 16.5. The van der Waals surface area contributed by atoms with Gasteiger partial charge in [-0.05, 0) is 85.7 Å². The Balaban J connectivity index is 1.18. The monoisotopic (exact) mass is 573 g/mol. The van der Waals surface area contributed by atoms with Crippen LogP contribution in [0.3, 0.4) is 0 Å². The van der Waals surface area contributed by atoms with E-state index in [1.165, 1.54) is 18.4 Å².